The monoisotopic (exact) mass is 281 g/mol. The van der Waals surface area contributed by atoms with E-state index in [0.29, 0.717) is 5.41 Å². The molecule has 0 spiro atoms. The SMILES string of the molecule is Cc1cc(C)c2c(c1)C(C13CC4CC(CC(C4)C1)C3)CN2. The zero-order valence-corrected chi connectivity index (χ0v) is 13.4. The van der Waals surface area contributed by atoms with Gasteiger partial charge < -0.3 is 5.32 Å². The lowest BCUT2D eigenvalue weighted by Gasteiger charge is -2.59. The molecule has 1 heteroatoms. The molecule has 4 bridgehead atoms. The van der Waals surface area contributed by atoms with Gasteiger partial charge in [0.1, 0.15) is 0 Å². The Kier molecular flexibility index (Phi) is 2.42. The number of nitrogens with one attached hydrogen (secondary N) is 1. The maximum Gasteiger partial charge on any atom is 0.0406 e. The third kappa shape index (κ3) is 1.69. The Morgan fingerprint density at radius 2 is 1.57 bits per heavy atom. The van der Waals surface area contributed by atoms with Crippen LogP contribution in [0.4, 0.5) is 5.69 Å². The van der Waals surface area contributed by atoms with Gasteiger partial charge in [-0.3, -0.25) is 0 Å². The summed E-state index contributed by atoms with van der Waals surface area (Å²) in [4.78, 5) is 0. The molecule has 1 aromatic rings. The van der Waals surface area contributed by atoms with E-state index in [2.05, 4.69) is 31.3 Å². The van der Waals surface area contributed by atoms with Crippen LogP contribution in [0.1, 0.15) is 61.1 Å². The molecule has 1 heterocycles. The van der Waals surface area contributed by atoms with Crippen molar-refractivity contribution in [1.82, 2.24) is 0 Å². The van der Waals surface area contributed by atoms with Crippen LogP contribution >= 0.6 is 0 Å². The van der Waals surface area contributed by atoms with E-state index in [1.54, 1.807) is 24.8 Å². The van der Waals surface area contributed by atoms with Crippen molar-refractivity contribution in [3.05, 3.63) is 28.8 Å². The molecular weight excluding hydrogens is 254 g/mol. The van der Waals surface area contributed by atoms with Crippen LogP contribution in [0.5, 0.6) is 0 Å². The molecule has 0 radical (unpaired) electrons. The van der Waals surface area contributed by atoms with Gasteiger partial charge in [0, 0.05) is 18.2 Å². The third-order valence-corrected chi connectivity index (χ3v) is 7.19. The van der Waals surface area contributed by atoms with E-state index in [1.165, 1.54) is 42.6 Å². The van der Waals surface area contributed by atoms with Crippen LogP contribution in [-0.2, 0) is 0 Å². The Morgan fingerprint density at radius 3 is 2.19 bits per heavy atom. The van der Waals surface area contributed by atoms with E-state index in [9.17, 15) is 0 Å². The van der Waals surface area contributed by atoms with Gasteiger partial charge in [0.25, 0.3) is 0 Å². The second-order valence-corrected chi connectivity index (χ2v) is 8.76. The van der Waals surface area contributed by atoms with Crippen molar-refractivity contribution in [3.63, 3.8) is 0 Å². The molecule has 1 atom stereocenters. The molecule has 4 saturated carbocycles. The van der Waals surface area contributed by atoms with Crippen molar-refractivity contribution in [3.8, 4) is 0 Å². The predicted molar refractivity (Wildman–Crippen MR) is 87.8 cm³/mol. The first kappa shape index (κ1) is 12.6. The molecule has 0 aromatic heterocycles. The lowest BCUT2D eigenvalue weighted by molar-refractivity contribution is -0.0653. The van der Waals surface area contributed by atoms with Gasteiger partial charge in [-0.25, -0.2) is 0 Å². The zero-order valence-electron chi connectivity index (χ0n) is 13.4. The number of rotatable bonds is 1. The topological polar surface area (TPSA) is 12.0 Å². The smallest absolute Gasteiger partial charge is 0.0406 e. The minimum Gasteiger partial charge on any atom is -0.384 e. The normalized spacial score (nSPS) is 43.0. The predicted octanol–water partition coefficient (Wildman–Crippen LogP) is 5.03. The van der Waals surface area contributed by atoms with Crippen molar-refractivity contribution >= 4 is 5.69 Å². The molecule has 21 heavy (non-hydrogen) atoms. The standard InChI is InChI=1S/C20H27N/c1-12-3-13(2)19-17(4-12)18(11-21-19)20-8-14-5-15(9-20)7-16(6-14)10-20/h3-4,14-16,18,21H,5-11H2,1-2H3. The molecule has 0 amide bonds. The Labute approximate surface area is 128 Å². The van der Waals surface area contributed by atoms with Gasteiger partial charge in [0.2, 0.25) is 0 Å². The molecule has 1 nitrogen and oxygen atoms in total. The molecule has 112 valence electrons. The van der Waals surface area contributed by atoms with Crippen LogP contribution in [0, 0.1) is 37.0 Å². The van der Waals surface area contributed by atoms with Crippen molar-refractivity contribution in [2.45, 2.75) is 58.3 Å². The highest BCUT2D eigenvalue weighted by Crippen LogP contribution is 2.65. The second-order valence-electron chi connectivity index (χ2n) is 8.76. The summed E-state index contributed by atoms with van der Waals surface area (Å²) in [5.41, 5.74) is 6.69. The van der Waals surface area contributed by atoms with Gasteiger partial charge in [0.15, 0.2) is 0 Å². The minimum absolute atomic E-state index is 0.646. The van der Waals surface area contributed by atoms with Crippen LogP contribution in [0.15, 0.2) is 12.1 Å². The van der Waals surface area contributed by atoms with Crippen molar-refractivity contribution in [2.75, 3.05) is 11.9 Å². The summed E-state index contributed by atoms with van der Waals surface area (Å²) >= 11 is 0. The lowest BCUT2D eigenvalue weighted by Crippen LogP contribution is -2.49. The largest absolute Gasteiger partial charge is 0.384 e. The fourth-order valence-corrected chi connectivity index (χ4v) is 6.98. The molecule has 4 fully saturated rings. The van der Waals surface area contributed by atoms with Gasteiger partial charge in [-0.2, -0.15) is 0 Å². The van der Waals surface area contributed by atoms with Crippen LogP contribution in [0.2, 0.25) is 0 Å². The van der Waals surface area contributed by atoms with Crippen molar-refractivity contribution in [1.29, 1.82) is 0 Å². The summed E-state index contributed by atoms with van der Waals surface area (Å²) in [7, 11) is 0. The summed E-state index contributed by atoms with van der Waals surface area (Å²) in [6, 6.07) is 4.83. The second kappa shape index (κ2) is 4.06. The molecule has 4 aliphatic carbocycles. The fraction of sp³-hybridized carbons (Fsp3) is 0.700. The Morgan fingerprint density at radius 1 is 0.952 bits per heavy atom. The Hall–Kier alpha value is -0.980. The summed E-state index contributed by atoms with van der Waals surface area (Å²) in [5, 5.41) is 3.77. The van der Waals surface area contributed by atoms with E-state index in [4.69, 9.17) is 0 Å². The third-order valence-electron chi connectivity index (χ3n) is 7.19. The van der Waals surface area contributed by atoms with Crippen LogP contribution in [0.3, 0.4) is 0 Å². The Bertz CT molecular complexity index is 565. The first-order valence-electron chi connectivity index (χ1n) is 8.98. The van der Waals surface area contributed by atoms with Gasteiger partial charge in [-0.05, 0) is 86.7 Å². The molecule has 6 rings (SSSR count). The van der Waals surface area contributed by atoms with Crippen LogP contribution in [0.25, 0.3) is 0 Å². The molecule has 1 N–H and O–H groups in total. The maximum absolute atomic E-state index is 3.77. The average molecular weight is 281 g/mol. The quantitative estimate of drug-likeness (QED) is 0.761. The first-order chi connectivity index (χ1) is 10.1. The van der Waals surface area contributed by atoms with E-state index >= 15 is 0 Å². The molecule has 1 unspecified atom stereocenters. The van der Waals surface area contributed by atoms with E-state index in [-0.39, 0.29) is 0 Å². The zero-order chi connectivity index (χ0) is 14.2. The summed E-state index contributed by atoms with van der Waals surface area (Å²) < 4.78 is 0. The van der Waals surface area contributed by atoms with Gasteiger partial charge in [-0.1, -0.05) is 17.7 Å². The van der Waals surface area contributed by atoms with Gasteiger partial charge in [0.05, 0.1) is 0 Å². The summed E-state index contributed by atoms with van der Waals surface area (Å²) in [6.07, 6.45) is 9.24. The van der Waals surface area contributed by atoms with E-state index in [0.717, 1.165) is 23.7 Å². The molecule has 0 saturated heterocycles. The molecular formula is C20H27N. The van der Waals surface area contributed by atoms with Crippen LogP contribution in [-0.4, -0.2) is 6.54 Å². The number of hydrogen-bond acceptors (Lipinski definition) is 1. The van der Waals surface area contributed by atoms with Crippen molar-refractivity contribution < 1.29 is 0 Å². The number of aryl methyl sites for hydroxylation is 2. The molecule has 1 aliphatic heterocycles. The summed E-state index contributed by atoms with van der Waals surface area (Å²) in [5.74, 6) is 3.98. The number of anilines is 1. The average Bonchev–Trinajstić information content (AvgIpc) is 2.81. The van der Waals surface area contributed by atoms with E-state index < -0.39 is 0 Å². The van der Waals surface area contributed by atoms with Crippen LogP contribution < -0.4 is 5.32 Å². The van der Waals surface area contributed by atoms with Gasteiger partial charge >= 0.3 is 0 Å². The minimum atomic E-state index is 0.646. The number of fused-ring (bicyclic) bond motifs is 1. The van der Waals surface area contributed by atoms with E-state index in [1.807, 2.05) is 0 Å². The van der Waals surface area contributed by atoms with Crippen molar-refractivity contribution in [2.24, 2.45) is 23.2 Å². The fourth-order valence-electron chi connectivity index (χ4n) is 6.98. The number of benzene rings is 1. The highest BCUT2D eigenvalue weighted by atomic mass is 14.9. The molecule has 1 aromatic carbocycles. The highest BCUT2D eigenvalue weighted by molar-refractivity contribution is 5.64. The Balaban J connectivity index is 1.58. The maximum atomic E-state index is 3.77. The van der Waals surface area contributed by atoms with Gasteiger partial charge in [-0.15, -0.1) is 0 Å². The summed E-state index contributed by atoms with van der Waals surface area (Å²) in [6.45, 7) is 5.75. The lowest BCUT2D eigenvalue weighted by atomic mass is 9.46. The highest BCUT2D eigenvalue weighted by Gasteiger charge is 2.55. The number of hydrogen-bond donors (Lipinski definition) is 1. The first-order valence-corrected chi connectivity index (χ1v) is 8.98. The molecule has 5 aliphatic rings.